The molecule has 0 saturated heterocycles. The largest absolute Gasteiger partial charge is 0.324 e. The van der Waals surface area contributed by atoms with Crippen molar-refractivity contribution in [2.24, 2.45) is 7.05 Å². The summed E-state index contributed by atoms with van der Waals surface area (Å²) in [6.07, 6.45) is 0. The van der Waals surface area contributed by atoms with Crippen LogP contribution in [0.2, 0.25) is 10.0 Å². The maximum atomic E-state index is 12.2. The lowest BCUT2D eigenvalue weighted by atomic mass is 10.2. The van der Waals surface area contributed by atoms with Gasteiger partial charge in [0.25, 0.3) is 0 Å². The molecule has 1 heterocycles. The van der Waals surface area contributed by atoms with Crippen LogP contribution in [0.4, 0.5) is 5.69 Å². The SMILES string of the molecule is Cn1c(SCC(=O)Nc2cc(Cl)ccc2Cl)nnc1-c1ccc(Br)cc1. The number of hydrogen-bond acceptors (Lipinski definition) is 4. The summed E-state index contributed by atoms with van der Waals surface area (Å²) in [5, 5.41) is 12.7. The fraction of sp³-hybridized carbons (Fsp3) is 0.118. The standard InChI is InChI=1S/C17H13BrCl2N4OS/c1-24-16(10-2-4-11(18)5-3-10)22-23-17(24)26-9-15(25)21-14-8-12(19)6-7-13(14)20/h2-8H,9H2,1H3,(H,21,25). The van der Waals surface area contributed by atoms with Gasteiger partial charge in [-0.15, -0.1) is 10.2 Å². The molecule has 9 heteroatoms. The van der Waals surface area contributed by atoms with Gasteiger partial charge in [0.1, 0.15) is 0 Å². The molecular weight excluding hydrogens is 459 g/mol. The van der Waals surface area contributed by atoms with E-state index in [4.69, 9.17) is 23.2 Å². The first-order chi connectivity index (χ1) is 12.4. The second-order valence-corrected chi connectivity index (χ2v) is 8.03. The Kier molecular flexibility index (Phi) is 6.24. The number of anilines is 1. The Morgan fingerprint density at radius 1 is 1.19 bits per heavy atom. The Balaban J connectivity index is 1.65. The fourth-order valence-corrected chi connectivity index (χ4v) is 3.51. The second kappa shape index (κ2) is 8.43. The molecule has 3 rings (SSSR count). The first-order valence-electron chi connectivity index (χ1n) is 7.47. The lowest BCUT2D eigenvalue weighted by molar-refractivity contribution is -0.113. The van der Waals surface area contributed by atoms with Gasteiger partial charge in [0.05, 0.1) is 16.5 Å². The van der Waals surface area contributed by atoms with Crippen molar-refractivity contribution in [2.45, 2.75) is 5.16 Å². The zero-order valence-corrected chi connectivity index (χ0v) is 17.5. The number of aromatic nitrogens is 3. The van der Waals surface area contributed by atoms with Crippen molar-refractivity contribution >= 4 is 62.5 Å². The zero-order chi connectivity index (χ0) is 18.7. The van der Waals surface area contributed by atoms with E-state index in [0.29, 0.717) is 20.9 Å². The maximum Gasteiger partial charge on any atom is 0.234 e. The first kappa shape index (κ1) is 19.2. The van der Waals surface area contributed by atoms with Crippen molar-refractivity contribution < 1.29 is 4.79 Å². The molecule has 0 aliphatic carbocycles. The molecule has 5 nitrogen and oxygen atoms in total. The highest BCUT2D eigenvalue weighted by molar-refractivity contribution is 9.10. The molecule has 0 unspecified atom stereocenters. The second-order valence-electron chi connectivity index (χ2n) is 5.33. The molecular formula is C17H13BrCl2N4OS. The highest BCUT2D eigenvalue weighted by Gasteiger charge is 2.13. The van der Waals surface area contributed by atoms with Crippen LogP contribution < -0.4 is 5.32 Å². The van der Waals surface area contributed by atoms with Gasteiger partial charge in [0.15, 0.2) is 11.0 Å². The van der Waals surface area contributed by atoms with Crippen LogP contribution in [0.5, 0.6) is 0 Å². The number of thioether (sulfide) groups is 1. The van der Waals surface area contributed by atoms with Gasteiger partial charge in [0, 0.05) is 22.1 Å². The quantitative estimate of drug-likeness (QED) is 0.514. The van der Waals surface area contributed by atoms with Crippen molar-refractivity contribution in [3.05, 3.63) is 57.0 Å². The fourth-order valence-electron chi connectivity index (χ4n) is 2.20. The number of nitrogens with one attached hydrogen (secondary N) is 1. The maximum absolute atomic E-state index is 12.2. The van der Waals surface area contributed by atoms with Crippen molar-refractivity contribution in [1.82, 2.24) is 14.8 Å². The molecule has 1 amide bonds. The van der Waals surface area contributed by atoms with Crippen LogP contribution in [-0.4, -0.2) is 26.4 Å². The third kappa shape index (κ3) is 4.59. The average Bonchev–Trinajstić information content (AvgIpc) is 2.98. The summed E-state index contributed by atoms with van der Waals surface area (Å²) in [6, 6.07) is 12.7. The van der Waals surface area contributed by atoms with Crippen LogP contribution in [0.3, 0.4) is 0 Å². The molecule has 0 radical (unpaired) electrons. The van der Waals surface area contributed by atoms with Gasteiger partial charge in [-0.1, -0.05) is 63.0 Å². The number of carbonyl (C=O) groups excluding carboxylic acids is 1. The van der Waals surface area contributed by atoms with E-state index in [1.165, 1.54) is 11.8 Å². The molecule has 0 fully saturated rings. The first-order valence-corrected chi connectivity index (χ1v) is 10.0. The molecule has 1 aromatic heterocycles. The smallest absolute Gasteiger partial charge is 0.234 e. The average molecular weight is 472 g/mol. The summed E-state index contributed by atoms with van der Waals surface area (Å²) in [5.41, 5.74) is 1.43. The van der Waals surface area contributed by atoms with Crippen LogP contribution in [0.1, 0.15) is 0 Å². The van der Waals surface area contributed by atoms with Crippen molar-refractivity contribution in [1.29, 1.82) is 0 Å². The van der Waals surface area contributed by atoms with Crippen LogP contribution in [0.25, 0.3) is 11.4 Å². The van der Waals surface area contributed by atoms with Gasteiger partial charge in [0.2, 0.25) is 5.91 Å². The third-order valence-corrected chi connectivity index (χ3v) is 5.59. The third-order valence-electron chi connectivity index (χ3n) is 3.47. The van der Waals surface area contributed by atoms with Crippen molar-refractivity contribution in [3.8, 4) is 11.4 Å². The minimum Gasteiger partial charge on any atom is -0.324 e. The van der Waals surface area contributed by atoms with E-state index in [1.807, 2.05) is 35.9 Å². The van der Waals surface area contributed by atoms with E-state index in [0.717, 1.165) is 15.9 Å². The van der Waals surface area contributed by atoms with Crippen LogP contribution >= 0.6 is 50.9 Å². The summed E-state index contributed by atoms with van der Waals surface area (Å²) in [7, 11) is 1.87. The van der Waals surface area contributed by atoms with E-state index in [2.05, 4.69) is 31.4 Å². The Morgan fingerprint density at radius 2 is 1.92 bits per heavy atom. The molecule has 0 spiro atoms. The number of benzene rings is 2. The highest BCUT2D eigenvalue weighted by atomic mass is 79.9. The summed E-state index contributed by atoms with van der Waals surface area (Å²) in [5.74, 6) is 0.709. The predicted molar refractivity (Wildman–Crippen MR) is 110 cm³/mol. The molecule has 26 heavy (non-hydrogen) atoms. The normalized spacial score (nSPS) is 10.8. The Labute approximate surface area is 173 Å². The monoisotopic (exact) mass is 470 g/mol. The molecule has 0 aliphatic rings. The Hall–Kier alpha value is -1.54. The zero-order valence-electron chi connectivity index (χ0n) is 13.5. The summed E-state index contributed by atoms with van der Waals surface area (Å²) >= 11 is 16.7. The van der Waals surface area contributed by atoms with E-state index in [1.54, 1.807) is 18.2 Å². The van der Waals surface area contributed by atoms with Gasteiger partial charge in [-0.25, -0.2) is 0 Å². The van der Waals surface area contributed by atoms with Gasteiger partial charge in [-0.3, -0.25) is 4.79 Å². The predicted octanol–water partition coefficient (Wildman–Crippen LogP) is 5.28. The van der Waals surface area contributed by atoms with E-state index >= 15 is 0 Å². The van der Waals surface area contributed by atoms with Gasteiger partial charge in [-0.05, 0) is 30.3 Å². The summed E-state index contributed by atoms with van der Waals surface area (Å²) in [4.78, 5) is 12.2. The van der Waals surface area contributed by atoms with Crippen molar-refractivity contribution in [2.75, 3.05) is 11.1 Å². The molecule has 3 aromatic rings. The minimum atomic E-state index is -0.202. The number of carbonyl (C=O) groups is 1. The Bertz CT molecular complexity index is 946. The number of hydrogen-bond donors (Lipinski definition) is 1. The Morgan fingerprint density at radius 3 is 2.65 bits per heavy atom. The molecule has 2 aromatic carbocycles. The van der Waals surface area contributed by atoms with Gasteiger partial charge < -0.3 is 9.88 Å². The summed E-state index contributed by atoms with van der Waals surface area (Å²) < 4.78 is 2.85. The molecule has 0 aliphatic heterocycles. The van der Waals surface area contributed by atoms with Crippen LogP contribution in [-0.2, 0) is 11.8 Å². The van der Waals surface area contributed by atoms with E-state index in [9.17, 15) is 4.79 Å². The minimum absolute atomic E-state index is 0.176. The molecule has 0 atom stereocenters. The highest BCUT2D eigenvalue weighted by Crippen LogP contribution is 2.27. The number of rotatable bonds is 5. The van der Waals surface area contributed by atoms with Gasteiger partial charge in [-0.2, -0.15) is 0 Å². The molecule has 134 valence electrons. The number of halogens is 3. The van der Waals surface area contributed by atoms with Gasteiger partial charge >= 0.3 is 0 Å². The van der Waals surface area contributed by atoms with Crippen LogP contribution in [0.15, 0.2) is 52.1 Å². The molecule has 0 bridgehead atoms. The van der Waals surface area contributed by atoms with Crippen molar-refractivity contribution in [3.63, 3.8) is 0 Å². The van der Waals surface area contributed by atoms with E-state index < -0.39 is 0 Å². The lowest BCUT2D eigenvalue weighted by Gasteiger charge is -2.07. The van der Waals surface area contributed by atoms with Crippen LogP contribution in [0, 0.1) is 0 Å². The number of nitrogens with zero attached hydrogens (tertiary/aromatic N) is 3. The molecule has 1 N–H and O–H groups in total. The topological polar surface area (TPSA) is 59.8 Å². The summed E-state index contributed by atoms with van der Waals surface area (Å²) in [6.45, 7) is 0. The van der Waals surface area contributed by atoms with E-state index in [-0.39, 0.29) is 11.7 Å². The number of amides is 1. The lowest BCUT2D eigenvalue weighted by Crippen LogP contribution is -2.14. The molecule has 0 saturated carbocycles.